The summed E-state index contributed by atoms with van der Waals surface area (Å²) in [5.41, 5.74) is 3.96. The Labute approximate surface area is 152 Å². The first-order valence-electron chi connectivity index (χ1n) is 10.5. The predicted molar refractivity (Wildman–Crippen MR) is 101 cm³/mol. The Kier molecular flexibility index (Phi) is 3.18. The average Bonchev–Trinajstić information content (AvgIpc) is 3.16. The summed E-state index contributed by atoms with van der Waals surface area (Å²) in [6, 6.07) is 0.527. The Bertz CT molecular complexity index is 692. The van der Waals surface area contributed by atoms with Crippen LogP contribution >= 0.6 is 0 Å². The second-order valence-corrected chi connectivity index (χ2v) is 10.1. The van der Waals surface area contributed by atoms with Crippen molar-refractivity contribution in [3.63, 3.8) is 0 Å². The maximum absolute atomic E-state index is 12.7. The Hall–Kier alpha value is -0.890. The van der Waals surface area contributed by atoms with Crippen LogP contribution in [0.1, 0.15) is 65.2 Å². The van der Waals surface area contributed by atoms with Crippen LogP contribution in [0.25, 0.3) is 0 Å². The molecule has 5 fully saturated rings. The number of carbonyl (C=O) groups is 1. The number of hydrogen-bond acceptors (Lipinski definition) is 2. The molecular weight excluding hydrogens is 306 g/mol. The standard InChI is InChI=1S/C23H33NO/c1-5-15-17-8-10-23-13-22(23)11-9-18(24-4)14(2)16(22)6-7-20(23)21(17,3)12-19(15)25/h5,16-18,20,24H,2,6-13H2,1,3-4H3. The van der Waals surface area contributed by atoms with E-state index in [1.807, 2.05) is 0 Å². The zero-order valence-corrected chi connectivity index (χ0v) is 16.2. The summed E-state index contributed by atoms with van der Waals surface area (Å²) in [6.07, 6.45) is 12.2. The molecule has 7 unspecified atom stereocenters. The molecule has 5 aliphatic carbocycles. The van der Waals surface area contributed by atoms with Crippen molar-refractivity contribution in [2.24, 2.45) is 34.0 Å². The molecule has 0 aromatic rings. The summed E-state index contributed by atoms with van der Waals surface area (Å²) in [4.78, 5) is 12.7. The Morgan fingerprint density at radius 3 is 2.60 bits per heavy atom. The third-order valence-electron chi connectivity index (χ3n) is 9.72. The maximum atomic E-state index is 12.7. The third kappa shape index (κ3) is 1.69. The smallest absolute Gasteiger partial charge is 0.159 e. The van der Waals surface area contributed by atoms with Crippen LogP contribution in [-0.2, 0) is 4.79 Å². The van der Waals surface area contributed by atoms with Crippen LogP contribution in [0.15, 0.2) is 23.8 Å². The van der Waals surface area contributed by atoms with E-state index in [0.717, 1.165) is 23.8 Å². The van der Waals surface area contributed by atoms with E-state index in [9.17, 15) is 4.79 Å². The van der Waals surface area contributed by atoms with Gasteiger partial charge in [-0.15, -0.1) is 0 Å². The van der Waals surface area contributed by atoms with Crippen molar-refractivity contribution in [3.8, 4) is 0 Å². The number of carbonyl (C=O) groups excluding carboxylic acids is 1. The van der Waals surface area contributed by atoms with Crippen LogP contribution in [0.3, 0.4) is 0 Å². The zero-order valence-electron chi connectivity index (χ0n) is 16.2. The van der Waals surface area contributed by atoms with Crippen molar-refractivity contribution in [2.45, 2.75) is 71.3 Å². The van der Waals surface area contributed by atoms with E-state index in [1.165, 1.54) is 50.5 Å². The lowest BCUT2D eigenvalue weighted by molar-refractivity contribution is -0.117. The van der Waals surface area contributed by atoms with Gasteiger partial charge in [-0.1, -0.05) is 25.2 Å². The van der Waals surface area contributed by atoms with Crippen LogP contribution in [0.5, 0.6) is 0 Å². The first-order chi connectivity index (χ1) is 11.9. The second-order valence-electron chi connectivity index (χ2n) is 10.1. The van der Waals surface area contributed by atoms with Gasteiger partial charge >= 0.3 is 0 Å². The van der Waals surface area contributed by atoms with Gasteiger partial charge in [0.25, 0.3) is 0 Å². The molecule has 0 bridgehead atoms. The van der Waals surface area contributed by atoms with Gasteiger partial charge < -0.3 is 5.32 Å². The van der Waals surface area contributed by atoms with Crippen molar-refractivity contribution in [1.29, 1.82) is 0 Å². The average molecular weight is 340 g/mol. The molecule has 5 rings (SSSR count). The topological polar surface area (TPSA) is 29.1 Å². The number of hydrogen-bond donors (Lipinski definition) is 1. The number of fused-ring (bicyclic) bond motifs is 2. The van der Waals surface area contributed by atoms with Crippen LogP contribution in [-0.4, -0.2) is 18.9 Å². The Morgan fingerprint density at radius 1 is 1.12 bits per heavy atom. The van der Waals surface area contributed by atoms with Crippen LogP contribution in [0.2, 0.25) is 0 Å². The van der Waals surface area contributed by atoms with E-state index in [1.54, 1.807) is 0 Å². The lowest BCUT2D eigenvalue weighted by Crippen LogP contribution is -2.51. The summed E-state index contributed by atoms with van der Waals surface area (Å²) >= 11 is 0. The zero-order chi connectivity index (χ0) is 17.6. The van der Waals surface area contributed by atoms with Crippen LogP contribution in [0.4, 0.5) is 0 Å². The SMILES string of the molecule is C=C1C(NC)CCC23CC24CCC2C(=CC)C(=O)CC2(C)C4CCC13. The third-order valence-corrected chi connectivity index (χ3v) is 9.72. The Balaban J connectivity index is 1.52. The maximum Gasteiger partial charge on any atom is 0.159 e. The highest BCUT2D eigenvalue weighted by Gasteiger charge is 2.79. The quantitative estimate of drug-likeness (QED) is 0.556. The highest BCUT2D eigenvalue weighted by atomic mass is 16.1. The van der Waals surface area contributed by atoms with E-state index in [-0.39, 0.29) is 5.41 Å². The van der Waals surface area contributed by atoms with Gasteiger partial charge in [0.15, 0.2) is 5.78 Å². The highest BCUT2D eigenvalue weighted by molar-refractivity contribution is 5.99. The molecule has 0 heterocycles. The molecular formula is C23H33NO. The first-order valence-corrected chi connectivity index (χ1v) is 10.5. The van der Waals surface area contributed by atoms with Gasteiger partial charge in [0, 0.05) is 12.5 Å². The van der Waals surface area contributed by atoms with Crippen molar-refractivity contribution in [3.05, 3.63) is 23.8 Å². The monoisotopic (exact) mass is 339 g/mol. The number of nitrogens with one attached hydrogen (secondary N) is 1. The molecule has 2 nitrogen and oxygen atoms in total. The normalized spacial score (nSPS) is 55.4. The molecule has 0 saturated heterocycles. The summed E-state index contributed by atoms with van der Waals surface area (Å²) in [6.45, 7) is 9.09. The minimum Gasteiger partial charge on any atom is -0.313 e. The fourth-order valence-corrected chi connectivity index (χ4v) is 8.77. The lowest BCUT2D eigenvalue weighted by Gasteiger charge is -2.56. The first kappa shape index (κ1) is 16.3. The summed E-state index contributed by atoms with van der Waals surface area (Å²) in [5.74, 6) is 2.47. The molecule has 5 saturated carbocycles. The highest BCUT2D eigenvalue weighted by Crippen LogP contribution is 2.86. The van der Waals surface area contributed by atoms with Crippen molar-refractivity contribution in [2.75, 3.05) is 7.05 Å². The number of ketones is 1. The summed E-state index contributed by atoms with van der Waals surface area (Å²) < 4.78 is 0. The predicted octanol–water partition coefficient (Wildman–Crippen LogP) is 4.66. The molecule has 0 aliphatic heterocycles. The largest absolute Gasteiger partial charge is 0.313 e. The molecule has 2 spiro atoms. The molecule has 0 amide bonds. The van der Waals surface area contributed by atoms with E-state index in [4.69, 9.17) is 0 Å². The van der Waals surface area contributed by atoms with E-state index >= 15 is 0 Å². The fraction of sp³-hybridized carbons (Fsp3) is 0.783. The van der Waals surface area contributed by atoms with Gasteiger partial charge in [0.2, 0.25) is 0 Å². The fourth-order valence-electron chi connectivity index (χ4n) is 8.77. The van der Waals surface area contributed by atoms with E-state index < -0.39 is 0 Å². The van der Waals surface area contributed by atoms with E-state index in [0.29, 0.717) is 28.6 Å². The summed E-state index contributed by atoms with van der Waals surface area (Å²) in [5, 5.41) is 3.50. The number of allylic oxidation sites excluding steroid dienone is 2. The molecule has 7 atom stereocenters. The molecule has 1 N–H and O–H groups in total. The van der Waals surface area contributed by atoms with Gasteiger partial charge in [0.1, 0.15) is 0 Å². The molecule has 25 heavy (non-hydrogen) atoms. The van der Waals surface area contributed by atoms with Crippen molar-refractivity contribution >= 4 is 5.78 Å². The number of rotatable bonds is 1. The lowest BCUT2D eigenvalue weighted by atomic mass is 9.48. The molecule has 0 aromatic carbocycles. The molecule has 5 aliphatic rings. The van der Waals surface area contributed by atoms with Crippen molar-refractivity contribution < 1.29 is 4.79 Å². The molecule has 0 aromatic heterocycles. The number of Topliss-reactive ketones (excluding diaryl/α,β-unsaturated/α-hetero) is 1. The van der Waals surface area contributed by atoms with E-state index in [2.05, 4.69) is 38.9 Å². The van der Waals surface area contributed by atoms with Gasteiger partial charge in [-0.05, 0) is 98.5 Å². The molecule has 0 radical (unpaired) electrons. The summed E-state index contributed by atoms with van der Waals surface area (Å²) in [7, 11) is 2.09. The van der Waals surface area contributed by atoms with Gasteiger partial charge in [-0.2, -0.15) is 0 Å². The van der Waals surface area contributed by atoms with Crippen molar-refractivity contribution in [1.82, 2.24) is 5.32 Å². The van der Waals surface area contributed by atoms with Gasteiger partial charge in [0.05, 0.1) is 0 Å². The minimum atomic E-state index is 0.229. The van der Waals surface area contributed by atoms with Gasteiger partial charge in [-0.25, -0.2) is 0 Å². The van der Waals surface area contributed by atoms with Crippen LogP contribution in [0, 0.1) is 34.0 Å². The number of likely N-dealkylation sites (N-methyl/N-ethyl adjacent to an activating group) is 1. The molecule has 2 heteroatoms. The van der Waals surface area contributed by atoms with Gasteiger partial charge in [-0.3, -0.25) is 4.79 Å². The minimum absolute atomic E-state index is 0.229. The second kappa shape index (κ2) is 4.88. The molecule has 136 valence electrons. The van der Waals surface area contributed by atoms with Crippen LogP contribution < -0.4 is 5.32 Å². The Morgan fingerprint density at radius 2 is 1.88 bits per heavy atom.